The van der Waals surface area contributed by atoms with Crippen LogP contribution in [0.1, 0.15) is 37.7 Å². The summed E-state index contributed by atoms with van der Waals surface area (Å²) < 4.78 is 17.7. The van der Waals surface area contributed by atoms with Crippen LogP contribution in [0.4, 0.5) is 0 Å². The molecule has 3 aliphatic heterocycles. The highest BCUT2D eigenvalue weighted by atomic mass is 16.5. The van der Waals surface area contributed by atoms with Crippen molar-refractivity contribution >= 4 is 0 Å². The Balaban J connectivity index is 1.20. The highest BCUT2D eigenvalue weighted by Crippen LogP contribution is 2.32. The monoisotopic (exact) mass is 346 g/mol. The predicted octanol–water partition coefficient (Wildman–Crippen LogP) is 2.65. The Morgan fingerprint density at radius 2 is 2.04 bits per heavy atom. The molecule has 4 rings (SSSR count). The number of hydrogen-bond donors (Lipinski definition) is 0. The highest BCUT2D eigenvalue weighted by molar-refractivity contribution is 5.09. The van der Waals surface area contributed by atoms with Crippen LogP contribution in [-0.2, 0) is 20.8 Å². The summed E-state index contributed by atoms with van der Waals surface area (Å²) >= 11 is 0. The van der Waals surface area contributed by atoms with Gasteiger partial charge in [0, 0.05) is 51.3 Å². The van der Waals surface area contributed by atoms with E-state index in [0.29, 0.717) is 18.1 Å². The fourth-order valence-electron chi connectivity index (χ4n) is 4.41. The van der Waals surface area contributed by atoms with Gasteiger partial charge >= 0.3 is 0 Å². The quantitative estimate of drug-likeness (QED) is 0.792. The molecule has 5 heteroatoms. The lowest BCUT2D eigenvalue weighted by atomic mass is 9.99. The highest BCUT2D eigenvalue weighted by Gasteiger charge is 2.39. The van der Waals surface area contributed by atoms with Gasteiger partial charge < -0.3 is 14.2 Å². The van der Waals surface area contributed by atoms with Crippen molar-refractivity contribution in [3.8, 4) is 0 Å². The second-order valence-corrected chi connectivity index (χ2v) is 7.65. The van der Waals surface area contributed by atoms with Gasteiger partial charge in [-0.15, -0.1) is 0 Å². The van der Waals surface area contributed by atoms with Crippen LogP contribution >= 0.6 is 0 Å². The molecule has 1 aromatic rings. The van der Waals surface area contributed by atoms with Crippen molar-refractivity contribution in [3.63, 3.8) is 0 Å². The summed E-state index contributed by atoms with van der Waals surface area (Å²) in [6.07, 6.45) is 10.2. The third-order valence-corrected chi connectivity index (χ3v) is 5.86. The van der Waals surface area contributed by atoms with Crippen molar-refractivity contribution in [3.05, 3.63) is 30.1 Å². The lowest BCUT2D eigenvalue weighted by Gasteiger charge is -2.36. The lowest BCUT2D eigenvalue weighted by Crippen LogP contribution is -2.43. The maximum Gasteiger partial charge on any atom is 0.0813 e. The molecule has 0 saturated carbocycles. The molecule has 1 aromatic heterocycles. The van der Waals surface area contributed by atoms with Gasteiger partial charge in [-0.25, -0.2) is 0 Å². The van der Waals surface area contributed by atoms with E-state index >= 15 is 0 Å². The standard InChI is InChI=1S/C20H30N2O3/c1-2-17(12-21-8-1)13-22-9-5-20-19(22)4-3-18(25-20)15-24-14-16-6-10-23-11-7-16/h1-2,8,12,16,18-20H,3-7,9-11,13-15H2/t18-,19+,20+/m1/s1. The van der Waals surface area contributed by atoms with Crippen molar-refractivity contribution in [2.75, 3.05) is 33.0 Å². The first kappa shape index (κ1) is 17.4. The van der Waals surface area contributed by atoms with Gasteiger partial charge in [0.15, 0.2) is 0 Å². The minimum absolute atomic E-state index is 0.277. The Labute approximate surface area is 150 Å². The van der Waals surface area contributed by atoms with E-state index in [1.165, 1.54) is 12.0 Å². The largest absolute Gasteiger partial charge is 0.381 e. The van der Waals surface area contributed by atoms with E-state index in [1.54, 1.807) is 0 Å². The van der Waals surface area contributed by atoms with Gasteiger partial charge in [0.25, 0.3) is 0 Å². The zero-order chi connectivity index (χ0) is 16.9. The number of fused-ring (bicyclic) bond motifs is 1. The number of pyridine rings is 1. The van der Waals surface area contributed by atoms with Crippen LogP contribution in [0.3, 0.4) is 0 Å². The molecule has 0 aromatic carbocycles. The molecule has 0 radical (unpaired) electrons. The number of aromatic nitrogens is 1. The van der Waals surface area contributed by atoms with Crippen molar-refractivity contribution < 1.29 is 14.2 Å². The molecule has 0 spiro atoms. The van der Waals surface area contributed by atoms with Crippen LogP contribution in [0.15, 0.2) is 24.5 Å². The lowest BCUT2D eigenvalue weighted by molar-refractivity contribution is -0.105. The molecule has 0 amide bonds. The minimum Gasteiger partial charge on any atom is -0.381 e. The maximum atomic E-state index is 6.36. The Bertz CT molecular complexity index is 521. The van der Waals surface area contributed by atoms with Gasteiger partial charge in [-0.05, 0) is 49.7 Å². The molecule has 138 valence electrons. The van der Waals surface area contributed by atoms with Crippen molar-refractivity contribution in [2.45, 2.75) is 56.9 Å². The van der Waals surface area contributed by atoms with E-state index in [1.807, 2.05) is 18.5 Å². The van der Waals surface area contributed by atoms with Crippen LogP contribution in [0.25, 0.3) is 0 Å². The molecular weight excluding hydrogens is 316 g/mol. The number of ether oxygens (including phenoxy) is 3. The van der Waals surface area contributed by atoms with Gasteiger partial charge in [-0.1, -0.05) is 6.07 Å². The summed E-state index contributed by atoms with van der Waals surface area (Å²) in [5.41, 5.74) is 1.30. The molecular formula is C20H30N2O3. The Kier molecular flexibility index (Phi) is 5.98. The second-order valence-electron chi connectivity index (χ2n) is 7.65. The molecule has 3 aliphatic rings. The van der Waals surface area contributed by atoms with Gasteiger partial charge in [-0.3, -0.25) is 9.88 Å². The molecule has 0 aliphatic carbocycles. The van der Waals surface area contributed by atoms with Crippen molar-refractivity contribution in [2.24, 2.45) is 5.92 Å². The maximum absolute atomic E-state index is 6.36. The van der Waals surface area contributed by atoms with Gasteiger partial charge in [0.05, 0.1) is 18.8 Å². The summed E-state index contributed by atoms with van der Waals surface area (Å²) in [7, 11) is 0. The third kappa shape index (κ3) is 4.59. The molecule has 25 heavy (non-hydrogen) atoms. The van der Waals surface area contributed by atoms with Crippen LogP contribution in [0.2, 0.25) is 0 Å². The van der Waals surface area contributed by atoms with E-state index in [2.05, 4.69) is 16.0 Å². The molecule has 0 bridgehead atoms. The molecule has 3 atom stereocenters. The third-order valence-electron chi connectivity index (χ3n) is 5.86. The summed E-state index contributed by atoms with van der Waals surface area (Å²) in [5, 5.41) is 0. The van der Waals surface area contributed by atoms with Crippen LogP contribution in [-0.4, -0.2) is 61.1 Å². The molecule has 5 nitrogen and oxygen atoms in total. The van der Waals surface area contributed by atoms with E-state index in [4.69, 9.17) is 14.2 Å². The fourth-order valence-corrected chi connectivity index (χ4v) is 4.41. The van der Waals surface area contributed by atoms with E-state index in [0.717, 1.165) is 65.2 Å². The molecule has 4 heterocycles. The van der Waals surface area contributed by atoms with E-state index < -0.39 is 0 Å². The number of likely N-dealkylation sites (tertiary alicyclic amines) is 1. The number of rotatable bonds is 6. The minimum atomic E-state index is 0.277. The van der Waals surface area contributed by atoms with Gasteiger partial charge in [0.1, 0.15) is 0 Å². The summed E-state index contributed by atoms with van der Waals surface area (Å²) in [5.74, 6) is 0.673. The summed E-state index contributed by atoms with van der Waals surface area (Å²) in [4.78, 5) is 6.80. The first-order chi connectivity index (χ1) is 12.4. The smallest absolute Gasteiger partial charge is 0.0813 e. The first-order valence-corrected chi connectivity index (χ1v) is 9.82. The second kappa shape index (κ2) is 8.58. The molecule has 0 N–H and O–H groups in total. The number of nitrogens with zero attached hydrogens (tertiary/aromatic N) is 2. The van der Waals surface area contributed by atoms with Crippen LogP contribution < -0.4 is 0 Å². The van der Waals surface area contributed by atoms with Crippen molar-refractivity contribution in [1.29, 1.82) is 0 Å². The SMILES string of the molecule is c1cncc(CN2CC[C@@H]3O[C@@H](COCC4CCOCC4)CC[C@@H]32)c1. The average molecular weight is 346 g/mol. The first-order valence-electron chi connectivity index (χ1n) is 9.82. The fraction of sp³-hybridized carbons (Fsp3) is 0.750. The predicted molar refractivity (Wildman–Crippen MR) is 95.3 cm³/mol. The van der Waals surface area contributed by atoms with Gasteiger partial charge in [-0.2, -0.15) is 0 Å². The molecule has 3 saturated heterocycles. The normalized spacial score (nSPS) is 31.1. The van der Waals surface area contributed by atoms with Crippen LogP contribution in [0, 0.1) is 5.92 Å². The Hall–Kier alpha value is -1.01. The average Bonchev–Trinajstić information content (AvgIpc) is 3.06. The van der Waals surface area contributed by atoms with E-state index in [-0.39, 0.29) is 6.10 Å². The zero-order valence-corrected chi connectivity index (χ0v) is 15.0. The topological polar surface area (TPSA) is 43.8 Å². The summed E-state index contributed by atoms with van der Waals surface area (Å²) in [6, 6.07) is 4.75. The Morgan fingerprint density at radius 1 is 1.12 bits per heavy atom. The molecule has 0 unspecified atom stereocenters. The van der Waals surface area contributed by atoms with Gasteiger partial charge in [0.2, 0.25) is 0 Å². The van der Waals surface area contributed by atoms with E-state index in [9.17, 15) is 0 Å². The Morgan fingerprint density at radius 3 is 2.88 bits per heavy atom. The number of hydrogen-bond acceptors (Lipinski definition) is 5. The molecule has 3 fully saturated rings. The summed E-state index contributed by atoms with van der Waals surface area (Å²) in [6.45, 7) is 5.52. The van der Waals surface area contributed by atoms with Crippen LogP contribution in [0.5, 0.6) is 0 Å². The van der Waals surface area contributed by atoms with Crippen molar-refractivity contribution in [1.82, 2.24) is 9.88 Å². The zero-order valence-electron chi connectivity index (χ0n) is 15.0.